The molecule has 0 saturated carbocycles. The fraction of sp³-hybridized carbons (Fsp3) is 0.300. The Hall–Kier alpha value is -1.63. The molecule has 1 rings (SSSR count). The molecular formula is C10H13FN2O3S. The van der Waals surface area contributed by atoms with Crippen molar-refractivity contribution in [3.63, 3.8) is 0 Å². The first-order valence-corrected chi connectivity index (χ1v) is 6.61. The largest absolute Gasteiger partial charge is 0.366 e. The van der Waals surface area contributed by atoms with Crippen LogP contribution in [0.2, 0.25) is 0 Å². The van der Waals surface area contributed by atoms with Crippen LogP contribution in [0, 0.1) is 5.82 Å². The molecule has 0 heterocycles. The summed E-state index contributed by atoms with van der Waals surface area (Å²) in [5, 5.41) is 0. The number of hydrogen-bond acceptors (Lipinski definition) is 3. The van der Waals surface area contributed by atoms with Gasteiger partial charge in [0.25, 0.3) is 5.91 Å². The van der Waals surface area contributed by atoms with E-state index in [-0.39, 0.29) is 17.0 Å². The predicted molar refractivity (Wildman–Crippen MR) is 62.6 cm³/mol. The summed E-state index contributed by atoms with van der Waals surface area (Å²) >= 11 is 0. The molecule has 0 spiro atoms. The van der Waals surface area contributed by atoms with Gasteiger partial charge in [-0.25, -0.2) is 12.8 Å². The van der Waals surface area contributed by atoms with Crippen LogP contribution in [-0.4, -0.2) is 20.1 Å². The molecule has 0 saturated heterocycles. The molecule has 0 bridgehead atoms. The molecule has 3 N–H and O–H groups in total. The number of rotatable bonds is 5. The summed E-state index contributed by atoms with van der Waals surface area (Å²) in [6.07, 6.45) is 0.409. The quantitative estimate of drug-likeness (QED) is 0.830. The first kappa shape index (κ1) is 13.4. The summed E-state index contributed by atoms with van der Waals surface area (Å²) in [4.78, 5) is 10.9. The Balaban J connectivity index is 3.09. The van der Waals surface area contributed by atoms with Crippen molar-refractivity contribution in [1.29, 1.82) is 0 Å². The molecule has 1 amide bonds. The maximum atomic E-state index is 13.7. The third-order valence-corrected chi connectivity index (χ3v) is 3.48. The summed E-state index contributed by atoms with van der Waals surface area (Å²) < 4.78 is 38.6. The number of primary amides is 1. The van der Waals surface area contributed by atoms with Crippen LogP contribution in [-0.2, 0) is 10.0 Å². The van der Waals surface area contributed by atoms with Gasteiger partial charge < -0.3 is 5.73 Å². The maximum Gasteiger partial charge on any atom is 0.251 e. The zero-order chi connectivity index (χ0) is 13.1. The topological polar surface area (TPSA) is 89.3 Å². The van der Waals surface area contributed by atoms with E-state index in [4.69, 9.17) is 5.73 Å². The Kier molecular flexibility index (Phi) is 4.06. The van der Waals surface area contributed by atoms with E-state index in [1.165, 1.54) is 18.2 Å². The number of halogens is 1. The van der Waals surface area contributed by atoms with Crippen molar-refractivity contribution in [2.45, 2.75) is 13.3 Å². The van der Waals surface area contributed by atoms with Gasteiger partial charge in [0.2, 0.25) is 10.0 Å². The lowest BCUT2D eigenvalue weighted by Gasteiger charge is -2.09. The van der Waals surface area contributed by atoms with Gasteiger partial charge in [-0.05, 0) is 18.6 Å². The second-order valence-corrected chi connectivity index (χ2v) is 5.29. The Bertz CT molecular complexity index is 528. The third kappa shape index (κ3) is 3.42. The summed E-state index contributed by atoms with van der Waals surface area (Å²) in [5.41, 5.74) is 4.34. The van der Waals surface area contributed by atoms with Gasteiger partial charge in [0, 0.05) is 0 Å². The van der Waals surface area contributed by atoms with Crippen molar-refractivity contribution in [2.24, 2.45) is 5.73 Å². The van der Waals surface area contributed by atoms with Crippen molar-refractivity contribution in [2.75, 3.05) is 10.5 Å². The molecule has 7 heteroatoms. The first-order valence-electron chi connectivity index (χ1n) is 4.96. The Morgan fingerprint density at radius 1 is 1.47 bits per heavy atom. The number of hydrogen-bond donors (Lipinski definition) is 2. The van der Waals surface area contributed by atoms with E-state index in [1.807, 2.05) is 0 Å². The minimum atomic E-state index is -3.59. The molecule has 0 aromatic heterocycles. The van der Waals surface area contributed by atoms with Crippen LogP contribution < -0.4 is 10.5 Å². The number of nitrogens with two attached hydrogens (primary N) is 1. The van der Waals surface area contributed by atoms with Gasteiger partial charge in [0.1, 0.15) is 0 Å². The normalized spacial score (nSPS) is 11.2. The van der Waals surface area contributed by atoms with Gasteiger partial charge in [0.05, 0.1) is 17.0 Å². The van der Waals surface area contributed by atoms with E-state index in [0.29, 0.717) is 6.42 Å². The average molecular weight is 260 g/mol. The number of anilines is 1. The summed E-state index contributed by atoms with van der Waals surface area (Å²) in [6, 6.07) is 3.78. The molecule has 0 radical (unpaired) electrons. The van der Waals surface area contributed by atoms with Gasteiger partial charge in [-0.15, -0.1) is 0 Å². The smallest absolute Gasteiger partial charge is 0.251 e. The standard InChI is InChI=1S/C10H13FN2O3S/c1-2-6-17(15,16)13-8-5-3-4-7(9(8)11)10(12)14/h3-5,13H,2,6H2,1H3,(H2,12,14). The van der Waals surface area contributed by atoms with Gasteiger partial charge in [-0.1, -0.05) is 13.0 Å². The second kappa shape index (κ2) is 5.13. The van der Waals surface area contributed by atoms with E-state index >= 15 is 0 Å². The SMILES string of the molecule is CCCS(=O)(=O)Nc1cccc(C(N)=O)c1F. The van der Waals surface area contributed by atoms with E-state index in [1.54, 1.807) is 6.92 Å². The molecule has 0 atom stereocenters. The van der Waals surface area contributed by atoms with Crippen LogP contribution in [0.3, 0.4) is 0 Å². The Morgan fingerprint density at radius 3 is 2.65 bits per heavy atom. The van der Waals surface area contributed by atoms with Crippen molar-refractivity contribution < 1.29 is 17.6 Å². The molecule has 1 aromatic carbocycles. The fourth-order valence-electron chi connectivity index (χ4n) is 1.29. The second-order valence-electron chi connectivity index (χ2n) is 3.45. The van der Waals surface area contributed by atoms with Crippen LogP contribution in [0.4, 0.5) is 10.1 Å². The highest BCUT2D eigenvalue weighted by Gasteiger charge is 2.16. The van der Waals surface area contributed by atoms with Gasteiger partial charge in [-0.3, -0.25) is 9.52 Å². The molecule has 0 unspecified atom stereocenters. The zero-order valence-corrected chi connectivity index (χ0v) is 10.1. The maximum absolute atomic E-state index is 13.7. The molecular weight excluding hydrogens is 247 g/mol. The van der Waals surface area contributed by atoms with E-state index in [2.05, 4.69) is 4.72 Å². The highest BCUT2D eigenvalue weighted by atomic mass is 32.2. The molecule has 0 aliphatic rings. The number of nitrogens with one attached hydrogen (secondary N) is 1. The minimum absolute atomic E-state index is 0.118. The zero-order valence-electron chi connectivity index (χ0n) is 9.23. The predicted octanol–water partition coefficient (Wildman–Crippen LogP) is 1.08. The monoisotopic (exact) mass is 260 g/mol. The molecule has 5 nitrogen and oxygen atoms in total. The average Bonchev–Trinajstić information content (AvgIpc) is 2.20. The number of sulfonamides is 1. The van der Waals surface area contributed by atoms with Gasteiger partial charge in [0.15, 0.2) is 5.82 Å². The Labute approximate surface area is 98.9 Å². The lowest BCUT2D eigenvalue weighted by Crippen LogP contribution is -2.19. The minimum Gasteiger partial charge on any atom is -0.366 e. The molecule has 0 fully saturated rings. The lowest BCUT2D eigenvalue weighted by molar-refractivity contribution is 0.0996. The number of benzene rings is 1. The molecule has 17 heavy (non-hydrogen) atoms. The van der Waals surface area contributed by atoms with Crippen molar-refractivity contribution in [3.8, 4) is 0 Å². The fourth-order valence-corrected chi connectivity index (χ4v) is 2.42. The van der Waals surface area contributed by atoms with Crippen LogP contribution in [0.15, 0.2) is 18.2 Å². The van der Waals surface area contributed by atoms with Crippen LogP contribution in [0.25, 0.3) is 0 Å². The van der Waals surface area contributed by atoms with E-state index in [9.17, 15) is 17.6 Å². The highest BCUT2D eigenvalue weighted by molar-refractivity contribution is 7.92. The van der Waals surface area contributed by atoms with Crippen molar-refractivity contribution >= 4 is 21.6 Å². The number of carbonyl (C=O) groups is 1. The molecule has 0 aliphatic carbocycles. The molecule has 94 valence electrons. The molecule has 1 aromatic rings. The van der Waals surface area contributed by atoms with Gasteiger partial charge in [-0.2, -0.15) is 0 Å². The van der Waals surface area contributed by atoms with Crippen LogP contribution >= 0.6 is 0 Å². The number of carbonyl (C=O) groups excluding carboxylic acids is 1. The molecule has 0 aliphatic heterocycles. The summed E-state index contributed by atoms with van der Waals surface area (Å²) in [5.74, 6) is -2.02. The number of amides is 1. The summed E-state index contributed by atoms with van der Waals surface area (Å²) in [6.45, 7) is 1.69. The van der Waals surface area contributed by atoms with Crippen LogP contribution in [0.1, 0.15) is 23.7 Å². The van der Waals surface area contributed by atoms with E-state index < -0.39 is 21.7 Å². The van der Waals surface area contributed by atoms with Crippen molar-refractivity contribution in [3.05, 3.63) is 29.6 Å². The van der Waals surface area contributed by atoms with Gasteiger partial charge >= 0.3 is 0 Å². The third-order valence-electron chi connectivity index (χ3n) is 2.00. The van der Waals surface area contributed by atoms with Crippen LogP contribution in [0.5, 0.6) is 0 Å². The van der Waals surface area contributed by atoms with E-state index in [0.717, 1.165) is 0 Å². The van der Waals surface area contributed by atoms with Crippen molar-refractivity contribution in [1.82, 2.24) is 0 Å². The Morgan fingerprint density at radius 2 is 2.12 bits per heavy atom. The summed E-state index contributed by atoms with van der Waals surface area (Å²) in [7, 11) is -3.59. The lowest BCUT2D eigenvalue weighted by atomic mass is 10.2. The first-order chi connectivity index (χ1) is 7.87. The highest BCUT2D eigenvalue weighted by Crippen LogP contribution is 2.19.